The van der Waals surface area contributed by atoms with Crippen LogP contribution in [0.15, 0.2) is 30.3 Å². The van der Waals surface area contributed by atoms with Gasteiger partial charge in [0, 0.05) is 26.6 Å². The molecule has 0 unspecified atom stereocenters. The van der Waals surface area contributed by atoms with Crippen molar-refractivity contribution < 1.29 is 25.8 Å². The van der Waals surface area contributed by atoms with Crippen molar-refractivity contribution in [3.8, 4) is 5.75 Å². The summed E-state index contributed by atoms with van der Waals surface area (Å²) in [6.45, 7) is 1.68. The van der Waals surface area contributed by atoms with Crippen molar-refractivity contribution in [1.29, 1.82) is 0 Å². The van der Waals surface area contributed by atoms with Gasteiger partial charge in [0.2, 0.25) is 0 Å². The molecule has 1 heterocycles. The molecule has 2 rings (SSSR count). The molecule has 0 aliphatic carbocycles. The maximum atomic E-state index is 5.21. The number of para-hydroxylation sites is 1. The Balaban J connectivity index is 0.000000605. The molecule has 1 nitrogen and oxygen atoms in total. The molecule has 0 spiro atoms. The van der Waals surface area contributed by atoms with E-state index >= 15 is 0 Å². The van der Waals surface area contributed by atoms with E-state index in [0.29, 0.717) is 0 Å². The van der Waals surface area contributed by atoms with E-state index in [0.717, 1.165) is 11.3 Å². The zero-order valence-electron chi connectivity index (χ0n) is 5.77. The average Bonchev–Trinajstić information content (AvgIpc) is 2.05. The van der Waals surface area contributed by atoms with Gasteiger partial charge in [-0.3, -0.25) is 0 Å². The van der Waals surface area contributed by atoms with Crippen LogP contribution in [0.4, 0.5) is 0 Å². The van der Waals surface area contributed by atoms with E-state index < -0.39 is 0 Å². The van der Waals surface area contributed by atoms with E-state index in [1.165, 1.54) is 0 Å². The molecular weight excluding hydrogens is 319 g/mol. The second-order valence-corrected chi connectivity index (χ2v) is 2.15. The van der Waals surface area contributed by atoms with Crippen LogP contribution in [0.5, 0.6) is 5.75 Å². The first-order valence-corrected chi connectivity index (χ1v) is 3.22. The minimum absolute atomic E-state index is 0. The van der Waals surface area contributed by atoms with Crippen LogP contribution in [0.25, 0.3) is 6.08 Å². The van der Waals surface area contributed by atoms with Gasteiger partial charge in [-0.15, -0.1) is 0 Å². The van der Waals surface area contributed by atoms with Crippen molar-refractivity contribution in [2.45, 2.75) is 0 Å². The van der Waals surface area contributed by atoms with Crippen molar-refractivity contribution in [2.75, 3.05) is 0 Å². The number of rotatable bonds is 0. The second-order valence-electron chi connectivity index (χ2n) is 2.15. The van der Waals surface area contributed by atoms with Gasteiger partial charge in [-0.1, -0.05) is 24.3 Å². The van der Waals surface area contributed by atoms with Gasteiger partial charge < -0.3 is 4.74 Å². The van der Waals surface area contributed by atoms with Gasteiger partial charge in [-0.05, 0) is 12.1 Å². The second kappa shape index (κ2) is 3.73. The molecule has 1 aliphatic rings. The van der Waals surface area contributed by atoms with Crippen molar-refractivity contribution in [1.82, 2.24) is 0 Å². The van der Waals surface area contributed by atoms with E-state index in [4.69, 9.17) is 4.74 Å². The van der Waals surface area contributed by atoms with Crippen LogP contribution in [0, 0.1) is 6.61 Å². The van der Waals surface area contributed by atoms with Gasteiger partial charge in [0.25, 0.3) is 0 Å². The number of ether oxygens (including phenoxy) is 1. The smallest absolute Gasteiger partial charge is 0.158 e. The fraction of sp³-hybridized carbons (Fsp3) is 0. The van der Waals surface area contributed by atoms with E-state index in [1.807, 2.05) is 36.4 Å². The summed E-state index contributed by atoms with van der Waals surface area (Å²) in [7, 11) is 0. The zero-order chi connectivity index (χ0) is 6.81. The first kappa shape index (κ1) is 8.54. The van der Waals surface area contributed by atoms with Gasteiger partial charge >= 0.3 is 0 Å². The predicted molar refractivity (Wildman–Crippen MR) is 40.4 cm³/mol. The maximum Gasteiger partial charge on any atom is 0.158 e. The van der Waals surface area contributed by atoms with E-state index in [1.54, 1.807) is 6.61 Å². The minimum Gasteiger partial charge on any atom is -0.481 e. The molecule has 1 radical (unpaired) electrons. The van der Waals surface area contributed by atoms with Gasteiger partial charge in [-0.25, -0.2) is 0 Å². The molecule has 0 saturated carbocycles. The molecule has 0 aromatic heterocycles. The first-order valence-electron chi connectivity index (χ1n) is 3.22. The third kappa shape index (κ3) is 1.72. The van der Waals surface area contributed by atoms with Crippen molar-refractivity contribution in [2.24, 2.45) is 0 Å². The number of hydrogen-bond acceptors (Lipinski definition) is 1. The number of fused-ring (bicyclic) bond motifs is 1. The van der Waals surface area contributed by atoms with Crippen LogP contribution in [0.2, 0.25) is 0 Å². The van der Waals surface area contributed by atoms with Crippen LogP contribution < -0.4 is 4.74 Å². The van der Waals surface area contributed by atoms with Gasteiger partial charge in [0.05, 0.1) is 0 Å². The van der Waals surface area contributed by atoms with Gasteiger partial charge in [0.1, 0.15) is 5.75 Å². The largest absolute Gasteiger partial charge is 0.481 e. The molecule has 1 aromatic rings. The summed E-state index contributed by atoms with van der Waals surface area (Å²) in [6.07, 6.45) is 3.92. The Morgan fingerprint density at radius 3 is 2.73 bits per heavy atom. The minimum atomic E-state index is 0. The van der Waals surface area contributed by atoms with Gasteiger partial charge in [0.15, 0.2) is 6.61 Å². The molecular formula is C9H7OPt. The topological polar surface area (TPSA) is 9.23 Å². The molecule has 0 fully saturated rings. The monoisotopic (exact) mass is 326 g/mol. The van der Waals surface area contributed by atoms with Crippen LogP contribution in [0.3, 0.4) is 0 Å². The van der Waals surface area contributed by atoms with Gasteiger partial charge in [-0.2, -0.15) is 0 Å². The van der Waals surface area contributed by atoms with Crippen molar-refractivity contribution in [3.05, 3.63) is 42.5 Å². The third-order valence-electron chi connectivity index (χ3n) is 1.47. The number of hydrogen-bond donors (Lipinski definition) is 0. The number of benzene rings is 1. The molecule has 59 valence electrons. The SMILES string of the molecule is [CH]1C=Cc2ccccc2O1.[Pt]. The summed E-state index contributed by atoms with van der Waals surface area (Å²) < 4.78 is 5.21. The third-order valence-corrected chi connectivity index (χ3v) is 1.47. The van der Waals surface area contributed by atoms with E-state index in [-0.39, 0.29) is 21.1 Å². The zero-order valence-corrected chi connectivity index (χ0v) is 8.04. The molecule has 11 heavy (non-hydrogen) atoms. The van der Waals surface area contributed by atoms with Crippen LogP contribution in [-0.4, -0.2) is 0 Å². The summed E-state index contributed by atoms with van der Waals surface area (Å²) >= 11 is 0. The Morgan fingerprint density at radius 1 is 1.09 bits per heavy atom. The Morgan fingerprint density at radius 2 is 1.91 bits per heavy atom. The molecule has 1 aliphatic heterocycles. The van der Waals surface area contributed by atoms with E-state index in [2.05, 4.69) is 0 Å². The van der Waals surface area contributed by atoms with Crippen molar-refractivity contribution in [3.63, 3.8) is 0 Å². The molecule has 2 heteroatoms. The summed E-state index contributed by atoms with van der Waals surface area (Å²) in [4.78, 5) is 0. The van der Waals surface area contributed by atoms with Crippen LogP contribution >= 0.6 is 0 Å². The van der Waals surface area contributed by atoms with Crippen LogP contribution in [0.1, 0.15) is 5.56 Å². The Bertz CT molecular complexity index is 268. The molecule has 0 N–H and O–H groups in total. The summed E-state index contributed by atoms with van der Waals surface area (Å²) in [5, 5.41) is 0. The Labute approximate surface area is 80.3 Å². The summed E-state index contributed by atoms with van der Waals surface area (Å²) in [6, 6.07) is 7.94. The standard InChI is InChI=1S/C9H7O.Pt/c1-2-6-9-8(4-1)5-3-7-10-9;/h1-7H;. The fourth-order valence-electron chi connectivity index (χ4n) is 0.981. The quantitative estimate of drug-likeness (QED) is 0.711. The molecule has 0 bridgehead atoms. The van der Waals surface area contributed by atoms with E-state index in [9.17, 15) is 0 Å². The summed E-state index contributed by atoms with van der Waals surface area (Å²) in [5.41, 5.74) is 1.14. The molecule has 1 aromatic carbocycles. The normalized spacial score (nSPS) is 12.7. The van der Waals surface area contributed by atoms with Crippen molar-refractivity contribution >= 4 is 6.08 Å². The summed E-state index contributed by atoms with van der Waals surface area (Å²) in [5.74, 6) is 0.935. The predicted octanol–water partition coefficient (Wildman–Crippen LogP) is 2.25. The molecule has 0 amide bonds. The first-order chi connectivity index (χ1) is 4.97. The fourth-order valence-corrected chi connectivity index (χ4v) is 0.981. The average molecular weight is 326 g/mol. The Kier molecular flexibility index (Phi) is 2.90. The maximum absolute atomic E-state index is 5.21. The molecule has 0 atom stereocenters. The molecule has 0 saturated heterocycles. The Hall–Kier alpha value is -0.552. The van der Waals surface area contributed by atoms with Crippen LogP contribution in [-0.2, 0) is 21.1 Å².